The van der Waals surface area contributed by atoms with E-state index in [2.05, 4.69) is 0 Å². The molecule has 2 aliphatic rings. The van der Waals surface area contributed by atoms with E-state index in [0.29, 0.717) is 25.3 Å². The first kappa shape index (κ1) is 19.8. The van der Waals surface area contributed by atoms with Crippen molar-refractivity contribution < 1.29 is 16.8 Å². The van der Waals surface area contributed by atoms with Gasteiger partial charge in [0.15, 0.2) is 9.84 Å². The van der Waals surface area contributed by atoms with Crippen molar-refractivity contribution in [2.45, 2.75) is 68.7 Å². The molecular weight excluding hydrogens is 370 g/mol. The Morgan fingerprint density at radius 1 is 1.04 bits per heavy atom. The molecule has 0 bridgehead atoms. The molecule has 146 valence electrons. The van der Waals surface area contributed by atoms with E-state index >= 15 is 0 Å². The highest BCUT2D eigenvalue weighted by Gasteiger charge is 2.38. The molecule has 7 heteroatoms. The number of hydrogen-bond donors (Lipinski definition) is 0. The first-order valence-corrected chi connectivity index (χ1v) is 12.9. The van der Waals surface area contributed by atoms with Crippen molar-refractivity contribution in [1.82, 2.24) is 4.31 Å². The minimum Gasteiger partial charge on any atom is -0.229 e. The third kappa shape index (κ3) is 4.31. The molecule has 0 amide bonds. The van der Waals surface area contributed by atoms with E-state index in [4.69, 9.17) is 0 Å². The Morgan fingerprint density at radius 2 is 1.69 bits per heavy atom. The van der Waals surface area contributed by atoms with Crippen molar-refractivity contribution in [2.75, 3.05) is 18.1 Å². The minimum atomic E-state index is -3.68. The van der Waals surface area contributed by atoms with Crippen LogP contribution in [-0.2, 0) is 19.9 Å². The van der Waals surface area contributed by atoms with E-state index in [1.165, 1.54) is 42.0 Å². The van der Waals surface area contributed by atoms with Gasteiger partial charge in [-0.15, -0.1) is 0 Å². The Labute approximate surface area is 157 Å². The number of hydrogen-bond acceptors (Lipinski definition) is 4. The van der Waals surface area contributed by atoms with Crippen molar-refractivity contribution in [2.24, 2.45) is 0 Å². The Balaban J connectivity index is 1.82. The second-order valence-electron chi connectivity index (χ2n) is 7.58. The summed E-state index contributed by atoms with van der Waals surface area (Å²) in [5, 5.41) is 0. The predicted octanol–water partition coefficient (Wildman–Crippen LogP) is 3.32. The molecule has 1 aromatic rings. The zero-order chi connectivity index (χ0) is 18.8. The van der Waals surface area contributed by atoms with E-state index in [1.807, 2.05) is 19.1 Å². The largest absolute Gasteiger partial charge is 0.243 e. The highest BCUT2D eigenvalue weighted by atomic mass is 32.2. The maximum atomic E-state index is 13.1. The van der Waals surface area contributed by atoms with Gasteiger partial charge < -0.3 is 0 Å². The van der Waals surface area contributed by atoms with E-state index < -0.39 is 25.9 Å². The van der Waals surface area contributed by atoms with Crippen molar-refractivity contribution in [3.05, 3.63) is 29.8 Å². The van der Waals surface area contributed by atoms with Gasteiger partial charge in [-0.05, 0) is 49.3 Å². The molecule has 1 saturated heterocycles. The highest BCUT2D eigenvalue weighted by molar-refractivity contribution is 7.92. The Bertz CT molecular complexity index is 810. The average Bonchev–Trinajstić information content (AvgIpc) is 2.99. The molecule has 2 fully saturated rings. The fourth-order valence-electron chi connectivity index (χ4n) is 4.21. The average molecular weight is 400 g/mol. The molecule has 0 spiro atoms. The van der Waals surface area contributed by atoms with Crippen LogP contribution in [0.3, 0.4) is 0 Å². The number of benzene rings is 1. The lowest BCUT2D eigenvalue weighted by Gasteiger charge is -2.27. The van der Waals surface area contributed by atoms with Crippen LogP contribution in [0.2, 0.25) is 0 Å². The summed E-state index contributed by atoms with van der Waals surface area (Å²) in [5.74, 6) is 0.549. The first-order valence-electron chi connectivity index (χ1n) is 9.66. The quantitative estimate of drug-likeness (QED) is 0.736. The standard InChI is InChI=1S/C19H29NO4S2/c1-2-13-20(18-12-14-25(21,22)15-18)26(23,24)19-10-8-17(9-11-19)16-6-4-3-5-7-16/h8-11,16,18H,2-7,12-15H2,1H3. The molecule has 1 atom stereocenters. The van der Waals surface area contributed by atoms with Gasteiger partial charge in [-0.2, -0.15) is 4.31 Å². The molecule has 1 aromatic carbocycles. The first-order chi connectivity index (χ1) is 12.3. The monoisotopic (exact) mass is 399 g/mol. The van der Waals surface area contributed by atoms with Gasteiger partial charge in [0.1, 0.15) is 0 Å². The highest BCUT2D eigenvalue weighted by Crippen LogP contribution is 2.33. The Hall–Kier alpha value is -0.920. The normalized spacial score (nSPS) is 24.2. The molecular formula is C19H29NO4S2. The number of nitrogens with zero attached hydrogens (tertiary/aromatic N) is 1. The fourth-order valence-corrected chi connectivity index (χ4v) is 7.78. The van der Waals surface area contributed by atoms with Crippen LogP contribution in [0.5, 0.6) is 0 Å². The van der Waals surface area contributed by atoms with Crippen LogP contribution in [-0.4, -0.2) is 45.2 Å². The van der Waals surface area contributed by atoms with Gasteiger partial charge in [0.25, 0.3) is 0 Å². The van der Waals surface area contributed by atoms with Gasteiger partial charge in [0.05, 0.1) is 16.4 Å². The summed E-state index contributed by atoms with van der Waals surface area (Å²) in [6.07, 6.45) is 7.18. The lowest BCUT2D eigenvalue weighted by atomic mass is 9.84. The van der Waals surface area contributed by atoms with Gasteiger partial charge >= 0.3 is 0 Å². The van der Waals surface area contributed by atoms with Crippen molar-refractivity contribution in [1.29, 1.82) is 0 Å². The Kier molecular flexibility index (Phi) is 6.09. The van der Waals surface area contributed by atoms with Gasteiger partial charge in [-0.25, -0.2) is 16.8 Å². The molecule has 26 heavy (non-hydrogen) atoms. The smallest absolute Gasteiger partial charge is 0.229 e. The van der Waals surface area contributed by atoms with Crippen molar-refractivity contribution >= 4 is 19.9 Å². The maximum absolute atomic E-state index is 13.1. The van der Waals surface area contributed by atoms with Gasteiger partial charge in [0.2, 0.25) is 10.0 Å². The number of sulfone groups is 1. The van der Waals surface area contributed by atoms with Crippen LogP contribution in [0.4, 0.5) is 0 Å². The van der Waals surface area contributed by atoms with E-state index in [0.717, 1.165) is 0 Å². The van der Waals surface area contributed by atoms with E-state index in [-0.39, 0.29) is 16.4 Å². The third-order valence-corrected chi connectivity index (χ3v) is 9.34. The van der Waals surface area contributed by atoms with E-state index in [1.54, 1.807) is 12.1 Å². The van der Waals surface area contributed by atoms with Crippen LogP contribution in [0.25, 0.3) is 0 Å². The molecule has 0 radical (unpaired) electrons. The zero-order valence-corrected chi connectivity index (χ0v) is 17.1. The predicted molar refractivity (Wildman–Crippen MR) is 104 cm³/mol. The molecule has 0 aromatic heterocycles. The van der Waals surface area contributed by atoms with Crippen LogP contribution in [0.15, 0.2) is 29.2 Å². The summed E-state index contributed by atoms with van der Waals surface area (Å²) >= 11 is 0. The third-order valence-electron chi connectivity index (χ3n) is 5.62. The number of rotatable bonds is 6. The summed E-state index contributed by atoms with van der Waals surface area (Å²) in [6, 6.07) is 6.84. The number of sulfonamides is 1. The molecule has 1 saturated carbocycles. The summed E-state index contributed by atoms with van der Waals surface area (Å²) in [5.41, 5.74) is 1.22. The van der Waals surface area contributed by atoms with Gasteiger partial charge in [0, 0.05) is 12.6 Å². The molecule has 0 N–H and O–H groups in total. The van der Waals surface area contributed by atoms with Crippen molar-refractivity contribution in [3.8, 4) is 0 Å². The van der Waals surface area contributed by atoms with Crippen LogP contribution >= 0.6 is 0 Å². The topological polar surface area (TPSA) is 71.5 Å². The zero-order valence-electron chi connectivity index (χ0n) is 15.4. The molecule has 1 heterocycles. The Morgan fingerprint density at radius 3 is 2.23 bits per heavy atom. The lowest BCUT2D eigenvalue weighted by molar-refractivity contribution is 0.340. The second kappa shape index (κ2) is 7.98. The maximum Gasteiger partial charge on any atom is 0.243 e. The molecule has 1 aliphatic heterocycles. The summed E-state index contributed by atoms with van der Waals surface area (Å²) in [7, 11) is -6.80. The second-order valence-corrected chi connectivity index (χ2v) is 11.7. The van der Waals surface area contributed by atoms with Crippen LogP contribution < -0.4 is 0 Å². The molecule has 1 unspecified atom stereocenters. The molecule has 1 aliphatic carbocycles. The van der Waals surface area contributed by atoms with Crippen LogP contribution in [0, 0.1) is 0 Å². The molecule has 3 rings (SSSR count). The van der Waals surface area contributed by atoms with Gasteiger partial charge in [-0.1, -0.05) is 38.3 Å². The lowest BCUT2D eigenvalue weighted by Crippen LogP contribution is -2.41. The summed E-state index contributed by atoms with van der Waals surface area (Å²) in [4.78, 5) is 0.273. The fraction of sp³-hybridized carbons (Fsp3) is 0.684. The SMILES string of the molecule is CCCN(C1CCS(=O)(=O)C1)S(=O)(=O)c1ccc(C2CCCCC2)cc1. The molecule has 5 nitrogen and oxygen atoms in total. The summed E-state index contributed by atoms with van der Waals surface area (Å²) < 4.78 is 51.3. The van der Waals surface area contributed by atoms with Crippen molar-refractivity contribution in [3.63, 3.8) is 0 Å². The van der Waals surface area contributed by atoms with Gasteiger partial charge in [-0.3, -0.25) is 0 Å². The van der Waals surface area contributed by atoms with E-state index in [9.17, 15) is 16.8 Å². The van der Waals surface area contributed by atoms with Crippen LogP contribution in [0.1, 0.15) is 63.4 Å². The summed E-state index contributed by atoms with van der Waals surface area (Å²) in [6.45, 7) is 2.27. The minimum absolute atomic E-state index is 0.0631.